The second kappa shape index (κ2) is 10.4. The van der Waals surface area contributed by atoms with Crippen molar-refractivity contribution in [2.75, 3.05) is 25.6 Å². The number of fused-ring (bicyclic) bond motifs is 1. The number of rotatable bonds is 9. The first-order valence-corrected chi connectivity index (χ1v) is 11.3. The molecule has 2 aromatic carbocycles. The zero-order valence-corrected chi connectivity index (χ0v) is 19.1. The van der Waals surface area contributed by atoms with Gasteiger partial charge in [-0.1, -0.05) is 12.8 Å². The smallest absolute Gasteiger partial charge is 0.262 e. The average molecular weight is 451 g/mol. The van der Waals surface area contributed by atoms with Crippen LogP contribution in [0.3, 0.4) is 0 Å². The number of nitrogens with one attached hydrogen (secondary N) is 2. The quantitative estimate of drug-likeness (QED) is 0.521. The molecule has 2 amide bonds. The van der Waals surface area contributed by atoms with Crippen LogP contribution in [0.25, 0.3) is 11.0 Å². The van der Waals surface area contributed by atoms with Crippen LogP contribution in [0.5, 0.6) is 11.5 Å². The van der Waals surface area contributed by atoms with Gasteiger partial charge in [0, 0.05) is 31.6 Å². The zero-order valence-electron chi connectivity index (χ0n) is 19.1. The lowest BCUT2D eigenvalue weighted by atomic mass is 10.1. The maximum Gasteiger partial charge on any atom is 0.262 e. The van der Waals surface area contributed by atoms with Crippen LogP contribution >= 0.6 is 0 Å². The van der Waals surface area contributed by atoms with Crippen molar-refractivity contribution >= 4 is 28.5 Å². The van der Waals surface area contributed by atoms with Crippen molar-refractivity contribution in [1.29, 1.82) is 0 Å². The van der Waals surface area contributed by atoms with E-state index in [4.69, 9.17) is 14.5 Å². The lowest BCUT2D eigenvalue weighted by Gasteiger charge is -2.10. The van der Waals surface area contributed by atoms with Gasteiger partial charge in [-0.05, 0) is 55.3 Å². The van der Waals surface area contributed by atoms with Crippen LogP contribution in [-0.4, -0.2) is 41.6 Å². The third-order valence-corrected chi connectivity index (χ3v) is 6.06. The second-order valence-electron chi connectivity index (χ2n) is 8.33. The van der Waals surface area contributed by atoms with Crippen molar-refractivity contribution in [2.45, 2.75) is 32.1 Å². The fourth-order valence-electron chi connectivity index (χ4n) is 4.20. The average Bonchev–Trinajstić information content (AvgIpc) is 3.47. The third kappa shape index (κ3) is 5.63. The van der Waals surface area contributed by atoms with Crippen LogP contribution in [0.15, 0.2) is 42.5 Å². The number of methoxy groups -OCH3 is 1. The minimum Gasteiger partial charge on any atom is -0.497 e. The Morgan fingerprint density at radius 3 is 2.55 bits per heavy atom. The Bertz CT molecular complexity index is 1120. The van der Waals surface area contributed by atoms with Crippen LogP contribution in [0.2, 0.25) is 0 Å². The highest BCUT2D eigenvalue weighted by Crippen LogP contribution is 2.25. The number of carbonyl (C=O) groups is 2. The zero-order chi connectivity index (χ0) is 23.2. The number of aryl methyl sites for hydroxylation is 1. The maximum atomic E-state index is 12.3. The van der Waals surface area contributed by atoms with Crippen molar-refractivity contribution in [3.05, 3.63) is 48.3 Å². The number of anilines is 1. The number of hydrogen-bond acceptors (Lipinski definition) is 5. The maximum absolute atomic E-state index is 12.3. The lowest BCUT2D eigenvalue weighted by Crippen LogP contribution is -2.31. The van der Waals surface area contributed by atoms with Crippen molar-refractivity contribution in [1.82, 2.24) is 14.9 Å². The van der Waals surface area contributed by atoms with Gasteiger partial charge < -0.3 is 24.7 Å². The summed E-state index contributed by atoms with van der Waals surface area (Å²) < 4.78 is 12.7. The Hall–Kier alpha value is -3.55. The largest absolute Gasteiger partial charge is 0.497 e. The van der Waals surface area contributed by atoms with Gasteiger partial charge in [0.15, 0.2) is 6.61 Å². The van der Waals surface area contributed by atoms with Crippen molar-refractivity contribution in [3.63, 3.8) is 0 Å². The predicted molar refractivity (Wildman–Crippen MR) is 127 cm³/mol. The molecule has 3 aromatic rings. The van der Waals surface area contributed by atoms with Gasteiger partial charge in [0.1, 0.15) is 17.3 Å². The predicted octanol–water partition coefficient (Wildman–Crippen LogP) is 3.45. The molecule has 0 saturated heterocycles. The van der Waals surface area contributed by atoms with Gasteiger partial charge >= 0.3 is 0 Å². The minimum atomic E-state index is -0.254. The third-order valence-electron chi connectivity index (χ3n) is 6.06. The van der Waals surface area contributed by atoms with E-state index in [2.05, 4.69) is 10.6 Å². The fourth-order valence-corrected chi connectivity index (χ4v) is 4.20. The molecular weight excluding hydrogens is 420 g/mol. The molecule has 33 heavy (non-hydrogen) atoms. The summed E-state index contributed by atoms with van der Waals surface area (Å²) in [6, 6.07) is 12.7. The van der Waals surface area contributed by atoms with E-state index >= 15 is 0 Å². The summed E-state index contributed by atoms with van der Waals surface area (Å²) in [5.74, 6) is 2.29. The molecule has 1 fully saturated rings. The monoisotopic (exact) mass is 450 g/mol. The van der Waals surface area contributed by atoms with Gasteiger partial charge in [0.25, 0.3) is 5.91 Å². The number of imidazole rings is 1. The normalized spacial score (nSPS) is 13.8. The highest BCUT2D eigenvalue weighted by atomic mass is 16.5. The first-order valence-electron chi connectivity index (χ1n) is 11.3. The standard InChI is InChI=1S/C25H30N4O4/c1-29-22-12-7-18(27-24(30)16-33-20-10-8-19(32-2)9-11-20)15-21(22)28-23(29)13-14-26-25(31)17-5-3-4-6-17/h7-12,15,17H,3-6,13-14,16H2,1-2H3,(H,26,31)(H,27,30). The van der Waals surface area contributed by atoms with Crippen LogP contribution in [-0.2, 0) is 23.1 Å². The van der Waals surface area contributed by atoms with E-state index in [1.54, 1.807) is 31.4 Å². The topological polar surface area (TPSA) is 94.5 Å². The number of carbonyl (C=O) groups excluding carboxylic acids is 2. The van der Waals surface area contributed by atoms with E-state index in [1.165, 1.54) is 0 Å². The number of aromatic nitrogens is 2. The molecule has 0 unspecified atom stereocenters. The summed E-state index contributed by atoms with van der Waals surface area (Å²) in [5, 5.41) is 5.90. The van der Waals surface area contributed by atoms with Crippen molar-refractivity contribution < 1.29 is 19.1 Å². The van der Waals surface area contributed by atoms with Gasteiger partial charge in [0.05, 0.1) is 18.1 Å². The van der Waals surface area contributed by atoms with E-state index in [-0.39, 0.29) is 24.3 Å². The number of nitrogens with zero attached hydrogens (tertiary/aromatic N) is 2. The first-order chi connectivity index (χ1) is 16.0. The van der Waals surface area contributed by atoms with Gasteiger partial charge in [-0.15, -0.1) is 0 Å². The molecule has 2 N–H and O–H groups in total. The second-order valence-corrected chi connectivity index (χ2v) is 8.33. The van der Waals surface area contributed by atoms with E-state index in [1.807, 2.05) is 29.8 Å². The summed E-state index contributed by atoms with van der Waals surface area (Å²) in [6.45, 7) is 0.470. The van der Waals surface area contributed by atoms with Crippen molar-refractivity contribution in [2.24, 2.45) is 13.0 Å². The molecule has 1 aliphatic carbocycles. The number of hydrogen-bond donors (Lipinski definition) is 2. The van der Waals surface area contributed by atoms with E-state index in [0.717, 1.165) is 48.3 Å². The van der Waals surface area contributed by atoms with E-state index in [9.17, 15) is 9.59 Å². The van der Waals surface area contributed by atoms with E-state index in [0.29, 0.717) is 24.4 Å². The van der Waals surface area contributed by atoms with Gasteiger partial charge in [-0.2, -0.15) is 0 Å². The lowest BCUT2D eigenvalue weighted by molar-refractivity contribution is -0.124. The molecule has 1 saturated carbocycles. The molecule has 0 aliphatic heterocycles. The Morgan fingerprint density at radius 2 is 1.82 bits per heavy atom. The Morgan fingerprint density at radius 1 is 1.09 bits per heavy atom. The van der Waals surface area contributed by atoms with E-state index < -0.39 is 0 Å². The minimum absolute atomic E-state index is 0.0987. The fraction of sp³-hybridized carbons (Fsp3) is 0.400. The highest BCUT2D eigenvalue weighted by Gasteiger charge is 2.22. The van der Waals surface area contributed by atoms with Crippen LogP contribution < -0.4 is 20.1 Å². The Balaban J connectivity index is 1.31. The Labute approximate surface area is 193 Å². The van der Waals surface area contributed by atoms with Crippen molar-refractivity contribution in [3.8, 4) is 11.5 Å². The number of ether oxygens (including phenoxy) is 2. The summed E-state index contributed by atoms with van der Waals surface area (Å²) in [4.78, 5) is 29.2. The van der Waals surface area contributed by atoms with Gasteiger partial charge in [0.2, 0.25) is 5.91 Å². The number of amides is 2. The summed E-state index contributed by atoms with van der Waals surface area (Å²) in [5.41, 5.74) is 2.42. The molecule has 1 heterocycles. The molecule has 174 valence electrons. The summed E-state index contributed by atoms with van der Waals surface area (Å²) in [7, 11) is 3.56. The molecule has 8 heteroatoms. The van der Waals surface area contributed by atoms with Gasteiger partial charge in [-0.25, -0.2) is 4.98 Å². The molecule has 1 aliphatic rings. The summed E-state index contributed by atoms with van der Waals surface area (Å²) in [6.07, 6.45) is 4.95. The molecule has 0 spiro atoms. The summed E-state index contributed by atoms with van der Waals surface area (Å²) >= 11 is 0. The molecule has 0 bridgehead atoms. The molecule has 1 aromatic heterocycles. The highest BCUT2D eigenvalue weighted by molar-refractivity contribution is 5.94. The molecule has 4 rings (SSSR count). The van der Waals surface area contributed by atoms with Crippen LogP contribution in [0, 0.1) is 5.92 Å². The van der Waals surface area contributed by atoms with Crippen LogP contribution in [0.1, 0.15) is 31.5 Å². The molecule has 0 atom stereocenters. The Kier molecular flexibility index (Phi) is 7.12. The number of benzene rings is 2. The molecular formula is C25H30N4O4. The molecule has 8 nitrogen and oxygen atoms in total. The first kappa shape index (κ1) is 22.6. The van der Waals surface area contributed by atoms with Gasteiger partial charge in [-0.3, -0.25) is 9.59 Å². The van der Waals surface area contributed by atoms with Crippen LogP contribution in [0.4, 0.5) is 5.69 Å². The molecule has 0 radical (unpaired) electrons. The SMILES string of the molecule is COc1ccc(OCC(=O)Nc2ccc3c(c2)nc(CCNC(=O)C2CCCC2)n3C)cc1.